The first-order valence-electron chi connectivity index (χ1n) is 6.16. The second-order valence-corrected chi connectivity index (χ2v) is 4.30. The average Bonchev–Trinajstić information content (AvgIpc) is 2.32. The van der Waals surface area contributed by atoms with Crippen LogP contribution in [0.1, 0.15) is 26.0 Å². The maximum atomic E-state index is 12.1. The van der Waals surface area contributed by atoms with Crippen LogP contribution in [0.3, 0.4) is 0 Å². The van der Waals surface area contributed by atoms with Gasteiger partial charge in [0.15, 0.2) is 0 Å². The summed E-state index contributed by atoms with van der Waals surface area (Å²) in [4.78, 5) is 28.4. The molecule has 1 atom stereocenters. The molecule has 6 heteroatoms. The number of hydrogen-bond acceptors (Lipinski definition) is 3. The topological polar surface area (TPSA) is 82.5 Å². The van der Waals surface area contributed by atoms with E-state index in [9.17, 15) is 9.59 Å². The summed E-state index contributed by atoms with van der Waals surface area (Å²) in [6, 6.07) is 2.82. The number of anilines is 1. The minimum Gasteiger partial charge on any atom is -0.481 e. The number of hydrogen-bond donors (Lipinski definition) is 2. The number of nitrogens with one attached hydrogen (secondary N) is 1. The number of aryl methyl sites for hydroxylation is 1. The van der Waals surface area contributed by atoms with E-state index in [0.29, 0.717) is 12.2 Å². The molecule has 2 N–H and O–H groups in total. The summed E-state index contributed by atoms with van der Waals surface area (Å²) in [6.45, 7) is 5.77. The maximum absolute atomic E-state index is 12.1. The van der Waals surface area contributed by atoms with Crippen molar-refractivity contribution < 1.29 is 14.7 Å². The van der Waals surface area contributed by atoms with Crippen LogP contribution < -0.4 is 5.32 Å². The zero-order valence-corrected chi connectivity index (χ0v) is 11.4. The van der Waals surface area contributed by atoms with Crippen LogP contribution in [0.15, 0.2) is 18.3 Å². The molecule has 0 radical (unpaired) electrons. The third kappa shape index (κ3) is 4.24. The molecular formula is C13H19N3O3. The van der Waals surface area contributed by atoms with Crippen LogP contribution in [0, 0.1) is 6.92 Å². The van der Waals surface area contributed by atoms with Gasteiger partial charge in [-0.1, -0.05) is 0 Å². The number of aromatic nitrogens is 1. The molecule has 2 amide bonds. The zero-order valence-electron chi connectivity index (χ0n) is 11.4. The van der Waals surface area contributed by atoms with E-state index in [-0.39, 0.29) is 18.5 Å². The first kappa shape index (κ1) is 14.9. The summed E-state index contributed by atoms with van der Waals surface area (Å²) in [5.74, 6) is -0.920. The number of nitrogens with zero attached hydrogens (tertiary/aromatic N) is 2. The summed E-state index contributed by atoms with van der Waals surface area (Å²) >= 11 is 0. The van der Waals surface area contributed by atoms with Gasteiger partial charge < -0.3 is 15.3 Å². The molecule has 0 aliphatic heterocycles. The first-order chi connectivity index (χ1) is 8.95. The van der Waals surface area contributed by atoms with Gasteiger partial charge in [-0.15, -0.1) is 0 Å². The minimum atomic E-state index is -0.920. The van der Waals surface area contributed by atoms with E-state index in [1.165, 1.54) is 4.90 Å². The van der Waals surface area contributed by atoms with E-state index in [2.05, 4.69) is 10.3 Å². The lowest BCUT2D eigenvalue weighted by atomic mass is 10.2. The Kier molecular flexibility index (Phi) is 5.29. The number of carboxylic acid groups (broad SMARTS) is 1. The van der Waals surface area contributed by atoms with E-state index in [1.54, 1.807) is 32.2 Å². The molecule has 0 saturated heterocycles. The third-order valence-electron chi connectivity index (χ3n) is 2.85. The van der Waals surface area contributed by atoms with Gasteiger partial charge in [0, 0.05) is 18.8 Å². The third-order valence-corrected chi connectivity index (χ3v) is 2.85. The Bertz CT molecular complexity index is 462. The van der Waals surface area contributed by atoms with Gasteiger partial charge in [-0.2, -0.15) is 0 Å². The summed E-state index contributed by atoms with van der Waals surface area (Å²) in [5.41, 5.74) is 1.35. The smallest absolute Gasteiger partial charge is 0.322 e. The maximum Gasteiger partial charge on any atom is 0.322 e. The highest BCUT2D eigenvalue weighted by Crippen LogP contribution is 2.13. The van der Waals surface area contributed by atoms with E-state index in [1.807, 2.05) is 6.92 Å². The number of carbonyl (C=O) groups is 2. The van der Waals surface area contributed by atoms with Crippen LogP contribution in [-0.4, -0.2) is 39.6 Å². The summed E-state index contributed by atoms with van der Waals surface area (Å²) < 4.78 is 0. The van der Waals surface area contributed by atoms with Crippen molar-refractivity contribution in [2.75, 3.05) is 11.9 Å². The summed E-state index contributed by atoms with van der Waals surface area (Å²) in [6.07, 6.45) is 1.57. The Morgan fingerprint density at radius 2 is 2.21 bits per heavy atom. The quantitative estimate of drug-likeness (QED) is 0.854. The predicted octanol–water partition coefficient (Wildman–Crippen LogP) is 2.11. The Morgan fingerprint density at radius 1 is 1.53 bits per heavy atom. The fraction of sp³-hybridized carbons (Fsp3) is 0.462. The van der Waals surface area contributed by atoms with E-state index in [4.69, 9.17) is 5.11 Å². The SMILES string of the molecule is CCN(C(=O)Nc1cccnc1C)C(C)CC(=O)O. The van der Waals surface area contributed by atoms with Crippen molar-refractivity contribution in [3.63, 3.8) is 0 Å². The number of rotatable bonds is 5. The van der Waals surface area contributed by atoms with Crippen molar-refractivity contribution in [1.82, 2.24) is 9.88 Å². The molecular weight excluding hydrogens is 246 g/mol. The second-order valence-electron chi connectivity index (χ2n) is 4.30. The molecule has 0 bridgehead atoms. The molecule has 0 aromatic carbocycles. The van der Waals surface area contributed by atoms with Crippen LogP contribution in [-0.2, 0) is 4.79 Å². The molecule has 1 heterocycles. The van der Waals surface area contributed by atoms with Crippen LogP contribution in [0.25, 0.3) is 0 Å². The lowest BCUT2D eigenvalue weighted by Gasteiger charge is -2.27. The largest absolute Gasteiger partial charge is 0.481 e. The molecule has 0 spiro atoms. The fourth-order valence-corrected chi connectivity index (χ4v) is 1.82. The summed E-state index contributed by atoms with van der Waals surface area (Å²) in [7, 11) is 0. The van der Waals surface area contributed by atoms with Crippen molar-refractivity contribution >= 4 is 17.7 Å². The molecule has 1 aromatic rings. The van der Waals surface area contributed by atoms with Crippen molar-refractivity contribution in [2.24, 2.45) is 0 Å². The van der Waals surface area contributed by atoms with Crippen molar-refractivity contribution in [2.45, 2.75) is 33.2 Å². The van der Waals surface area contributed by atoms with Gasteiger partial charge in [-0.25, -0.2) is 4.79 Å². The number of amides is 2. The van der Waals surface area contributed by atoms with Crippen LogP contribution in [0.5, 0.6) is 0 Å². The van der Waals surface area contributed by atoms with Crippen LogP contribution >= 0.6 is 0 Å². The predicted molar refractivity (Wildman–Crippen MR) is 72.1 cm³/mol. The molecule has 1 rings (SSSR count). The van der Waals surface area contributed by atoms with E-state index in [0.717, 1.165) is 5.69 Å². The molecule has 1 unspecified atom stereocenters. The Labute approximate surface area is 112 Å². The summed E-state index contributed by atoms with van der Waals surface area (Å²) in [5, 5.41) is 11.5. The molecule has 6 nitrogen and oxygen atoms in total. The Hall–Kier alpha value is -2.11. The van der Waals surface area contributed by atoms with Gasteiger partial charge in [-0.3, -0.25) is 9.78 Å². The number of carboxylic acids is 1. The Morgan fingerprint density at radius 3 is 2.74 bits per heavy atom. The molecule has 0 saturated carbocycles. The zero-order chi connectivity index (χ0) is 14.4. The van der Waals surface area contributed by atoms with Gasteiger partial charge in [0.2, 0.25) is 0 Å². The highest BCUT2D eigenvalue weighted by Gasteiger charge is 2.21. The molecule has 19 heavy (non-hydrogen) atoms. The number of urea groups is 1. The van der Waals surface area contributed by atoms with Gasteiger partial charge in [0.25, 0.3) is 0 Å². The number of aliphatic carboxylic acids is 1. The van der Waals surface area contributed by atoms with Crippen molar-refractivity contribution in [3.8, 4) is 0 Å². The van der Waals surface area contributed by atoms with Gasteiger partial charge in [0.05, 0.1) is 17.8 Å². The van der Waals surface area contributed by atoms with Crippen LogP contribution in [0.4, 0.5) is 10.5 Å². The van der Waals surface area contributed by atoms with E-state index >= 15 is 0 Å². The highest BCUT2D eigenvalue weighted by molar-refractivity contribution is 5.90. The minimum absolute atomic E-state index is 0.0761. The van der Waals surface area contributed by atoms with Crippen LogP contribution in [0.2, 0.25) is 0 Å². The fourth-order valence-electron chi connectivity index (χ4n) is 1.82. The Balaban J connectivity index is 2.74. The standard InChI is InChI=1S/C13H19N3O3/c1-4-16(9(2)8-12(17)18)13(19)15-11-6-5-7-14-10(11)3/h5-7,9H,4,8H2,1-3H3,(H,15,19)(H,17,18). The lowest BCUT2D eigenvalue weighted by molar-refractivity contribution is -0.137. The normalized spacial score (nSPS) is 11.7. The molecule has 1 aromatic heterocycles. The molecule has 104 valence electrons. The molecule has 0 aliphatic carbocycles. The average molecular weight is 265 g/mol. The number of pyridine rings is 1. The first-order valence-corrected chi connectivity index (χ1v) is 6.16. The molecule has 0 aliphatic rings. The highest BCUT2D eigenvalue weighted by atomic mass is 16.4. The number of carbonyl (C=O) groups excluding carboxylic acids is 1. The lowest BCUT2D eigenvalue weighted by Crippen LogP contribution is -2.42. The van der Waals surface area contributed by atoms with E-state index < -0.39 is 5.97 Å². The van der Waals surface area contributed by atoms with Gasteiger partial charge >= 0.3 is 12.0 Å². The van der Waals surface area contributed by atoms with Gasteiger partial charge in [-0.05, 0) is 32.9 Å². The molecule has 0 fully saturated rings. The second kappa shape index (κ2) is 6.72. The monoisotopic (exact) mass is 265 g/mol. The van der Waals surface area contributed by atoms with Crippen molar-refractivity contribution in [1.29, 1.82) is 0 Å². The van der Waals surface area contributed by atoms with Crippen molar-refractivity contribution in [3.05, 3.63) is 24.0 Å². The van der Waals surface area contributed by atoms with Gasteiger partial charge in [0.1, 0.15) is 0 Å².